The van der Waals surface area contributed by atoms with Gasteiger partial charge in [-0.05, 0) is 83.5 Å². The van der Waals surface area contributed by atoms with Gasteiger partial charge in [0.2, 0.25) is 0 Å². The molecule has 0 aliphatic heterocycles. The van der Waals surface area contributed by atoms with Crippen molar-refractivity contribution in [2.45, 2.75) is 187 Å². The van der Waals surface area contributed by atoms with E-state index in [1.54, 1.807) is 0 Å². The number of ether oxygens (including phenoxy) is 2. The predicted molar refractivity (Wildman–Crippen MR) is 249 cm³/mol. The number of rotatable bonds is 43. The number of nitrogens with zero attached hydrogens (tertiary/aromatic N) is 1. The maximum atomic E-state index is 12.7. The number of quaternary nitrogens is 1. The van der Waals surface area contributed by atoms with E-state index in [0.29, 0.717) is 17.6 Å². The zero-order valence-corrected chi connectivity index (χ0v) is 39.6. The lowest BCUT2D eigenvalue weighted by molar-refractivity contribution is -0.870. The normalized spacial score (nSPS) is 14.3. The standard InChI is InChI=1S/C50H90NO7P/c1-6-8-10-12-14-16-18-20-22-24-25-26-28-30-32-34-36-38-40-42-45-55-47-49(48-57-59(53,54)56-46-44-51(3,4)5)58-50(52)43-41-39-37-35-33-31-29-27-23-21-19-17-15-13-11-9-7-2/h9,11,14-17,20-23,29,31,49H,6-8,10,12-13,18-19,24-28,30,32-48H2,1-5H3/b11-9-,16-14-,17-15-,22-20-,23-21-,31-29-. The van der Waals surface area contributed by atoms with Crippen LogP contribution in [0.25, 0.3) is 0 Å². The number of hydrogen-bond donors (Lipinski definition) is 0. The molecule has 59 heavy (non-hydrogen) atoms. The van der Waals surface area contributed by atoms with Gasteiger partial charge >= 0.3 is 5.97 Å². The summed E-state index contributed by atoms with van der Waals surface area (Å²) in [6.45, 7) is 5.23. The minimum absolute atomic E-state index is 0.0170. The van der Waals surface area contributed by atoms with E-state index in [1.165, 1.54) is 83.5 Å². The van der Waals surface area contributed by atoms with E-state index in [0.717, 1.165) is 77.0 Å². The summed E-state index contributed by atoms with van der Waals surface area (Å²) in [7, 11) is 1.33. The van der Waals surface area contributed by atoms with Crippen molar-refractivity contribution in [3.8, 4) is 0 Å². The number of carbonyl (C=O) groups is 1. The highest BCUT2D eigenvalue weighted by molar-refractivity contribution is 7.45. The van der Waals surface area contributed by atoms with Crippen LogP contribution in [-0.4, -0.2) is 70.7 Å². The van der Waals surface area contributed by atoms with Gasteiger partial charge in [-0.3, -0.25) is 9.36 Å². The number of carbonyl (C=O) groups excluding carboxylic acids is 1. The summed E-state index contributed by atoms with van der Waals surface area (Å²) in [6, 6.07) is 0. The third-order valence-electron chi connectivity index (χ3n) is 9.74. The topological polar surface area (TPSA) is 94.1 Å². The average molecular weight is 848 g/mol. The van der Waals surface area contributed by atoms with E-state index in [2.05, 4.69) is 86.8 Å². The van der Waals surface area contributed by atoms with Crippen molar-refractivity contribution >= 4 is 13.8 Å². The molecule has 0 radical (unpaired) electrons. The van der Waals surface area contributed by atoms with E-state index in [-0.39, 0.29) is 32.2 Å². The molecule has 9 heteroatoms. The third kappa shape index (κ3) is 46.9. The molecule has 0 heterocycles. The van der Waals surface area contributed by atoms with Gasteiger partial charge < -0.3 is 27.9 Å². The van der Waals surface area contributed by atoms with Crippen LogP contribution < -0.4 is 4.89 Å². The van der Waals surface area contributed by atoms with Crippen molar-refractivity contribution < 1.29 is 37.3 Å². The number of phosphoric acid groups is 1. The molecule has 0 spiro atoms. The molecule has 0 aliphatic carbocycles. The largest absolute Gasteiger partial charge is 0.756 e. The first-order valence-corrected chi connectivity index (χ1v) is 25.1. The Morgan fingerprint density at radius 2 is 0.983 bits per heavy atom. The molecule has 0 amide bonds. The molecule has 0 saturated carbocycles. The molecule has 0 rings (SSSR count). The maximum absolute atomic E-state index is 12.7. The smallest absolute Gasteiger partial charge is 0.306 e. The molecule has 0 aromatic rings. The highest BCUT2D eigenvalue weighted by Gasteiger charge is 2.20. The summed E-state index contributed by atoms with van der Waals surface area (Å²) in [5.74, 6) is -0.360. The fourth-order valence-electron chi connectivity index (χ4n) is 6.10. The number of unbranched alkanes of at least 4 members (excludes halogenated alkanes) is 17. The number of hydrogen-bond acceptors (Lipinski definition) is 7. The lowest BCUT2D eigenvalue weighted by Crippen LogP contribution is -2.37. The zero-order chi connectivity index (χ0) is 43.4. The van der Waals surface area contributed by atoms with Gasteiger partial charge in [0.15, 0.2) is 0 Å². The Bertz CT molecular complexity index is 1170. The number of likely N-dealkylation sites (N-methyl/N-ethyl adjacent to an activating group) is 1. The minimum Gasteiger partial charge on any atom is -0.756 e. The van der Waals surface area contributed by atoms with Crippen molar-refractivity contribution in [2.24, 2.45) is 0 Å². The lowest BCUT2D eigenvalue weighted by atomic mass is 10.1. The van der Waals surface area contributed by atoms with Gasteiger partial charge in [0.05, 0.1) is 34.4 Å². The Morgan fingerprint density at radius 1 is 0.542 bits per heavy atom. The first-order chi connectivity index (χ1) is 28.6. The van der Waals surface area contributed by atoms with Gasteiger partial charge in [0, 0.05) is 13.0 Å². The second kappa shape index (κ2) is 42.6. The van der Waals surface area contributed by atoms with E-state index < -0.39 is 13.9 Å². The Hall–Kier alpha value is -2.06. The van der Waals surface area contributed by atoms with Crippen molar-refractivity contribution in [2.75, 3.05) is 54.1 Å². The Labute approximate surface area is 363 Å². The first-order valence-electron chi connectivity index (χ1n) is 23.7. The highest BCUT2D eigenvalue weighted by Crippen LogP contribution is 2.38. The predicted octanol–water partition coefficient (Wildman–Crippen LogP) is 13.6. The fraction of sp³-hybridized carbons (Fsp3) is 0.740. The van der Waals surface area contributed by atoms with Crippen molar-refractivity contribution in [3.05, 3.63) is 72.9 Å². The van der Waals surface area contributed by atoms with Gasteiger partial charge in [-0.25, -0.2) is 0 Å². The Kier molecular flexibility index (Phi) is 41.1. The summed E-state index contributed by atoms with van der Waals surface area (Å²) >= 11 is 0. The summed E-state index contributed by atoms with van der Waals surface area (Å²) in [6.07, 6.45) is 54.9. The van der Waals surface area contributed by atoms with Gasteiger partial charge in [-0.2, -0.15) is 0 Å². The Morgan fingerprint density at radius 3 is 1.47 bits per heavy atom. The van der Waals surface area contributed by atoms with Crippen LogP contribution in [0.2, 0.25) is 0 Å². The van der Waals surface area contributed by atoms with Crippen LogP contribution in [-0.2, 0) is 27.9 Å². The summed E-state index contributed by atoms with van der Waals surface area (Å²) in [5.41, 5.74) is 0. The van der Waals surface area contributed by atoms with E-state index in [9.17, 15) is 14.3 Å². The number of esters is 1. The fourth-order valence-corrected chi connectivity index (χ4v) is 6.82. The van der Waals surface area contributed by atoms with Crippen LogP contribution in [0.4, 0.5) is 0 Å². The second-order valence-electron chi connectivity index (χ2n) is 16.7. The molecule has 2 unspecified atom stereocenters. The molecule has 342 valence electrons. The van der Waals surface area contributed by atoms with Crippen molar-refractivity contribution in [1.82, 2.24) is 0 Å². The quantitative estimate of drug-likeness (QED) is 0.0198. The van der Waals surface area contributed by atoms with Crippen LogP contribution in [0.15, 0.2) is 72.9 Å². The van der Waals surface area contributed by atoms with E-state index in [1.807, 2.05) is 21.1 Å². The molecular formula is C50H90NO7P. The third-order valence-corrected chi connectivity index (χ3v) is 10.7. The van der Waals surface area contributed by atoms with Gasteiger partial charge in [-0.15, -0.1) is 0 Å². The molecular weight excluding hydrogens is 758 g/mol. The van der Waals surface area contributed by atoms with Crippen LogP contribution >= 0.6 is 7.82 Å². The molecule has 2 atom stereocenters. The molecule has 0 bridgehead atoms. The van der Waals surface area contributed by atoms with E-state index >= 15 is 0 Å². The monoisotopic (exact) mass is 848 g/mol. The highest BCUT2D eigenvalue weighted by atomic mass is 31.2. The van der Waals surface area contributed by atoms with Crippen molar-refractivity contribution in [3.63, 3.8) is 0 Å². The second-order valence-corrected chi connectivity index (χ2v) is 18.1. The molecule has 0 aromatic heterocycles. The summed E-state index contributed by atoms with van der Waals surface area (Å²) in [5, 5.41) is 0. The maximum Gasteiger partial charge on any atom is 0.306 e. The minimum atomic E-state index is -4.54. The summed E-state index contributed by atoms with van der Waals surface area (Å²) in [4.78, 5) is 25.1. The molecule has 8 nitrogen and oxygen atoms in total. The molecule has 0 aromatic carbocycles. The molecule has 0 N–H and O–H groups in total. The van der Waals surface area contributed by atoms with Crippen LogP contribution in [0.5, 0.6) is 0 Å². The first kappa shape index (κ1) is 56.9. The zero-order valence-electron chi connectivity index (χ0n) is 38.7. The molecule has 0 saturated heterocycles. The van der Waals surface area contributed by atoms with Gasteiger partial charge in [0.1, 0.15) is 19.3 Å². The van der Waals surface area contributed by atoms with Crippen LogP contribution in [0.3, 0.4) is 0 Å². The lowest BCUT2D eigenvalue weighted by Gasteiger charge is -2.28. The molecule has 0 fully saturated rings. The SMILES string of the molecule is CC/C=C\C/C=C\C/C=C\C/C=C\CCCCCCC(=O)OC(COCCCCCCCCCCCC/C=C\C/C=C\CCCCC)COP(=O)([O-])OCC[N+](C)(C)C. The van der Waals surface area contributed by atoms with E-state index in [4.69, 9.17) is 18.5 Å². The molecule has 0 aliphatic rings. The number of phosphoric ester groups is 1. The van der Waals surface area contributed by atoms with Gasteiger partial charge in [0.25, 0.3) is 7.82 Å². The Balaban J connectivity index is 4.24. The van der Waals surface area contributed by atoms with Crippen molar-refractivity contribution in [1.29, 1.82) is 0 Å². The van der Waals surface area contributed by atoms with Crippen LogP contribution in [0.1, 0.15) is 181 Å². The van der Waals surface area contributed by atoms with Gasteiger partial charge in [-0.1, -0.05) is 164 Å². The summed E-state index contributed by atoms with van der Waals surface area (Å²) < 4.78 is 34.6. The average Bonchev–Trinajstić information content (AvgIpc) is 3.19. The van der Waals surface area contributed by atoms with Crippen LogP contribution in [0, 0.1) is 0 Å². The number of allylic oxidation sites excluding steroid dienone is 12.